The summed E-state index contributed by atoms with van der Waals surface area (Å²) in [5, 5.41) is 4.80. The first-order chi connectivity index (χ1) is 8.80. The Kier molecular flexibility index (Phi) is 3.53. The number of fused-ring (bicyclic) bond motifs is 1. The maximum absolute atomic E-state index is 10.8. The van der Waals surface area contributed by atoms with E-state index in [1.165, 1.54) is 0 Å². The lowest BCUT2D eigenvalue weighted by molar-refractivity contribution is 0.112. The zero-order chi connectivity index (χ0) is 13.0. The molecule has 1 aromatic carbocycles. The third kappa shape index (κ3) is 2.15. The van der Waals surface area contributed by atoms with Crippen LogP contribution < -0.4 is 0 Å². The maximum Gasteiger partial charge on any atom is 0.174 e. The number of rotatable bonds is 4. The number of benzene rings is 1. The molecule has 90 valence electrons. The molecule has 0 saturated carbocycles. The standard InChI is InChI=1S/C15H13NO2/c1-3-5-12(6-4-2)15-13-9-11(10-17)7-8-14(13)16-18-15/h3-10H,1H2,2H3/b6-4-,12-5+. The summed E-state index contributed by atoms with van der Waals surface area (Å²) in [6, 6.07) is 5.26. The van der Waals surface area contributed by atoms with Crippen molar-refractivity contribution in [1.82, 2.24) is 5.16 Å². The first kappa shape index (κ1) is 12.0. The summed E-state index contributed by atoms with van der Waals surface area (Å²) in [6.07, 6.45) is 8.16. The minimum atomic E-state index is 0.602. The fourth-order valence-corrected chi connectivity index (χ4v) is 1.75. The van der Waals surface area contributed by atoms with Crippen LogP contribution in [0.25, 0.3) is 16.5 Å². The van der Waals surface area contributed by atoms with E-state index >= 15 is 0 Å². The summed E-state index contributed by atoms with van der Waals surface area (Å²) in [4.78, 5) is 10.8. The molecule has 2 rings (SSSR count). The summed E-state index contributed by atoms with van der Waals surface area (Å²) in [5.41, 5.74) is 2.21. The van der Waals surface area contributed by atoms with Crippen molar-refractivity contribution in [3.05, 3.63) is 60.4 Å². The van der Waals surface area contributed by atoms with Gasteiger partial charge in [0.2, 0.25) is 0 Å². The third-order valence-electron chi connectivity index (χ3n) is 2.54. The highest BCUT2D eigenvalue weighted by atomic mass is 16.5. The van der Waals surface area contributed by atoms with Gasteiger partial charge in [0, 0.05) is 11.1 Å². The molecule has 0 aliphatic carbocycles. The highest BCUT2D eigenvalue weighted by Gasteiger charge is 2.11. The van der Waals surface area contributed by atoms with Crippen LogP contribution >= 0.6 is 0 Å². The van der Waals surface area contributed by atoms with Gasteiger partial charge in [-0.3, -0.25) is 4.79 Å². The van der Waals surface area contributed by atoms with Crippen LogP contribution in [0.15, 0.2) is 53.6 Å². The van der Waals surface area contributed by atoms with Gasteiger partial charge in [-0.25, -0.2) is 0 Å². The van der Waals surface area contributed by atoms with Gasteiger partial charge in [-0.05, 0) is 25.1 Å². The van der Waals surface area contributed by atoms with Crippen LogP contribution in [-0.2, 0) is 0 Å². The number of carbonyl (C=O) groups excluding carboxylic acids is 1. The van der Waals surface area contributed by atoms with E-state index in [2.05, 4.69) is 11.7 Å². The van der Waals surface area contributed by atoms with Gasteiger partial charge in [0.1, 0.15) is 11.8 Å². The Morgan fingerprint density at radius 2 is 2.28 bits per heavy atom. The minimum absolute atomic E-state index is 0.602. The Hall–Kier alpha value is -2.42. The minimum Gasteiger partial charge on any atom is -0.355 e. The molecule has 0 saturated heterocycles. The number of carbonyl (C=O) groups is 1. The molecule has 0 aliphatic rings. The van der Waals surface area contributed by atoms with Crippen LogP contribution in [0.3, 0.4) is 0 Å². The van der Waals surface area contributed by atoms with Gasteiger partial charge >= 0.3 is 0 Å². The molecule has 2 aromatic rings. The van der Waals surface area contributed by atoms with E-state index in [1.807, 2.05) is 25.2 Å². The Balaban J connectivity index is 2.66. The largest absolute Gasteiger partial charge is 0.355 e. The fourth-order valence-electron chi connectivity index (χ4n) is 1.75. The highest BCUT2D eigenvalue weighted by Crippen LogP contribution is 2.26. The second-order valence-corrected chi connectivity index (χ2v) is 3.76. The molecular weight excluding hydrogens is 226 g/mol. The van der Waals surface area contributed by atoms with E-state index < -0.39 is 0 Å². The second-order valence-electron chi connectivity index (χ2n) is 3.76. The summed E-state index contributed by atoms with van der Waals surface area (Å²) in [5.74, 6) is 0.645. The average Bonchev–Trinajstić information content (AvgIpc) is 2.81. The van der Waals surface area contributed by atoms with Crippen molar-refractivity contribution < 1.29 is 9.32 Å². The van der Waals surface area contributed by atoms with Gasteiger partial charge in [0.15, 0.2) is 5.76 Å². The molecule has 0 spiro atoms. The molecule has 0 atom stereocenters. The molecule has 0 bridgehead atoms. The molecule has 0 fully saturated rings. The molecule has 18 heavy (non-hydrogen) atoms. The SMILES string of the molecule is C=C/C=C(\C=C/C)c1onc2ccc(C=O)cc12. The Labute approximate surface area is 105 Å². The Bertz CT molecular complexity index is 648. The van der Waals surface area contributed by atoms with Crippen LogP contribution in [0, 0.1) is 0 Å². The van der Waals surface area contributed by atoms with Gasteiger partial charge in [-0.1, -0.05) is 36.0 Å². The van der Waals surface area contributed by atoms with Crippen LogP contribution in [0.1, 0.15) is 23.0 Å². The molecule has 3 heteroatoms. The predicted octanol–water partition coefficient (Wildman–Crippen LogP) is 3.79. The van der Waals surface area contributed by atoms with Crippen LogP contribution in [0.4, 0.5) is 0 Å². The molecule has 0 unspecified atom stereocenters. The van der Waals surface area contributed by atoms with Gasteiger partial charge in [0.25, 0.3) is 0 Å². The van der Waals surface area contributed by atoms with Crippen molar-refractivity contribution in [3.8, 4) is 0 Å². The van der Waals surface area contributed by atoms with E-state index in [4.69, 9.17) is 4.52 Å². The summed E-state index contributed by atoms with van der Waals surface area (Å²) < 4.78 is 5.35. The normalized spacial score (nSPS) is 12.2. The molecule has 0 N–H and O–H groups in total. The highest BCUT2D eigenvalue weighted by molar-refractivity contribution is 5.95. The summed E-state index contributed by atoms with van der Waals surface area (Å²) >= 11 is 0. The zero-order valence-electron chi connectivity index (χ0n) is 10.1. The molecular formula is C15H13NO2. The number of aldehydes is 1. The van der Waals surface area contributed by atoms with Gasteiger partial charge in [0.05, 0.1) is 5.39 Å². The lowest BCUT2D eigenvalue weighted by Crippen LogP contribution is -1.81. The van der Waals surface area contributed by atoms with Crippen molar-refractivity contribution in [2.75, 3.05) is 0 Å². The zero-order valence-corrected chi connectivity index (χ0v) is 10.1. The van der Waals surface area contributed by atoms with Gasteiger partial charge in [-0.15, -0.1) is 0 Å². The predicted molar refractivity (Wildman–Crippen MR) is 72.4 cm³/mol. The maximum atomic E-state index is 10.8. The van der Waals surface area contributed by atoms with Crippen molar-refractivity contribution >= 4 is 22.8 Å². The van der Waals surface area contributed by atoms with Crippen molar-refractivity contribution in [2.24, 2.45) is 0 Å². The first-order valence-electron chi connectivity index (χ1n) is 5.60. The van der Waals surface area contributed by atoms with Gasteiger partial charge in [-0.2, -0.15) is 0 Å². The summed E-state index contributed by atoms with van der Waals surface area (Å²) in [7, 11) is 0. The Morgan fingerprint density at radius 1 is 1.44 bits per heavy atom. The Morgan fingerprint density at radius 3 is 2.94 bits per heavy atom. The number of allylic oxidation sites excluding steroid dienone is 5. The van der Waals surface area contributed by atoms with Crippen molar-refractivity contribution in [3.63, 3.8) is 0 Å². The van der Waals surface area contributed by atoms with E-state index in [9.17, 15) is 4.79 Å². The number of nitrogens with zero attached hydrogens (tertiary/aromatic N) is 1. The third-order valence-corrected chi connectivity index (χ3v) is 2.54. The van der Waals surface area contributed by atoms with Gasteiger partial charge < -0.3 is 4.52 Å². The fraction of sp³-hybridized carbons (Fsp3) is 0.0667. The molecule has 3 nitrogen and oxygen atoms in total. The average molecular weight is 239 g/mol. The van der Waals surface area contributed by atoms with Crippen molar-refractivity contribution in [2.45, 2.75) is 6.92 Å². The number of hydrogen-bond donors (Lipinski definition) is 0. The topological polar surface area (TPSA) is 43.1 Å². The lowest BCUT2D eigenvalue weighted by atomic mass is 10.1. The van der Waals surface area contributed by atoms with Crippen LogP contribution in [0.5, 0.6) is 0 Å². The lowest BCUT2D eigenvalue weighted by Gasteiger charge is -1.97. The smallest absolute Gasteiger partial charge is 0.174 e. The first-order valence-corrected chi connectivity index (χ1v) is 5.60. The van der Waals surface area contributed by atoms with E-state index in [1.54, 1.807) is 24.3 Å². The van der Waals surface area contributed by atoms with E-state index in [0.29, 0.717) is 11.3 Å². The van der Waals surface area contributed by atoms with E-state index in [-0.39, 0.29) is 0 Å². The van der Waals surface area contributed by atoms with Crippen LogP contribution in [-0.4, -0.2) is 11.4 Å². The van der Waals surface area contributed by atoms with Crippen molar-refractivity contribution in [1.29, 1.82) is 0 Å². The molecule has 1 aromatic heterocycles. The quantitative estimate of drug-likeness (QED) is 0.602. The molecule has 0 aliphatic heterocycles. The second kappa shape index (κ2) is 5.27. The van der Waals surface area contributed by atoms with E-state index in [0.717, 1.165) is 22.8 Å². The monoisotopic (exact) mass is 239 g/mol. The van der Waals surface area contributed by atoms with Crippen LogP contribution in [0.2, 0.25) is 0 Å². The number of aromatic nitrogens is 1. The summed E-state index contributed by atoms with van der Waals surface area (Å²) in [6.45, 7) is 5.60. The molecule has 1 heterocycles. The molecule has 0 amide bonds. The number of hydrogen-bond acceptors (Lipinski definition) is 3. The molecule has 0 radical (unpaired) electrons.